The summed E-state index contributed by atoms with van der Waals surface area (Å²) in [5.74, 6) is 0.259. The zero-order valence-corrected chi connectivity index (χ0v) is 7.00. The predicted octanol–water partition coefficient (Wildman–Crippen LogP) is 0.290. The molecule has 0 saturated heterocycles. The molecule has 0 aliphatic heterocycles. The maximum atomic E-state index is 9.11. The Morgan fingerprint density at radius 2 is 1.90 bits per heavy atom. The van der Waals surface area contributed by atoms with E-state index in [0.29, 0.717) is 0 Å². The molecule has 0 radical (unpaired) electrons. The summed E-state index contributed by atoms with van der Waals surface area (Å²) in [7, 11) is 7.44. The second-order valence-electron chi connectivity index (χ2n) is 2.61. The highest BCUT2D eigenvalue weighted by atomic mass is 16.3. The van der Waals surface area contributed by atoms with Crippen molar-refractivity contribution >= 4 is 6.21 Å². The summed E-state index contributed by atoms with van der Waals surface area (Å²) in [4.78, 5) is 1.79. The van der Waals surface area contributed by atoms with Crippen LogP contribution in [0.5, 0.6) is 0 Å². The number of allylic oxidation sites excluding steroid dienone is 1. The smallest absolute Gasteiger partial charge is 0.206 e. The Hall–Kier alpha value is -0.990. The molecule has 1 N–H and O–H groups in total. The topological polar surface area (TPSA) is 26.5 Å². The van der Waals surface area contributed by atoms with Crippen molar-refractivity contribution in [2.75, 3.05) is 28.2 Å². The normalized spacial score (nSPS) is 11.0. The van der Waals surface area contributed by atoms with Crippen molar-refractivity contribution in [3.63, 3.8) is 0 Å². The van der Waals surface area contributed by atoms with Crippen molar-refractivity contribution in [2.45, 2.75) is 0 Å². The summed E-state index contributed by atoms with van der Waals surface area (Å²) in [6, 6.07) is 0. The molecule has 0 aromatic carbocycles. The number of hydrogen-bond acceptors (Lipinski definition) is 2. The molecule has 0 bridgehead atoms. The molecule has 0 atom stereocenters. The third-order valence-electron chi connectivity index (χ3n) is 0.781. The van der Waals surface area contributed by atoms with E-state index >= 15 is 0 Å². The molecule has 0 heterocycles. The molecular weight excluding hydrogens is 128 g/mol. The Bertz CT molecular complexity index is 155. The molecule has 3 nitrogen and oxygen atoms in total. The first-order valence-corrected chi connectivity index (χ1v) is 3.11. The van der Waals surface area contributed by atoms with Crippen LogP contribution in [0.25, 0.3) is 0 Å². The highest BCUT2D eigenvalue weighted by molar-refractivity contribution is 5.70. The van der Waals surface area contributed by atoms with E-state index in [4.69, 9.17) is 5.11 Å². The van der Waals surface area contributed by atoms with Gasteiger partial charge in [0.25, 0.3) is 0 Å². The summed E-state index contributed by atoms with van der Waals surface area (Å²) in [6.45, 7) is 0. The minimum Gasteiger partial charge on any atom is -0.502 e. The van der Waals surface area contributed by atoms with Crippen LogP contribution in [0.1, 0.15) is 0 Å². The van der Waals surface area contributed by atoms with Gasteiger partial charge in [0.1, 0.15) is 14.1 Å². The highest BCUT2D eigenvalue weighted by Gasteiger charge is 1.91. The average molecular weight is 143 g/mol. The molecule has 3 heteroatoms. The number of rotatable bonds is 2. The van der Waals surface area contributed by atoms with Crippen LogP contribution in [0.15, 0.2) is 12.0 Å². The van der Waals surface area contributed by atoms with Crippen molar-refractivity contribution < 1.29 is 9.68 Å². The van der Waals surface area contributed by atoms with Gasteiger partial charge < -0.3 is 10.0 Å². The van der Waals surface area contributed by atoms with E-state index in [2.05, 4.69) is 0 Å². The lowest BCUT2D eigenvalue weighted by molar-refractivity contribution is -0.459. The van der Waals surface area contributed by atoms with Gasteiger partial charge in [-0.3, -0.25) is 0 Å². The Morgan fingerprint density at radius 3 is 2.20 bits per heavy atom. The molecular formula is C7H15N2O+. The van der Waals surface area contributed by atoms with Gasteiger partial charge in [0, 0.05) is 20.3 Å². The van der Waals surface area contributed by atoms with Gasteiger partial charge >= 0.3 is 0 Å². The molecule has 0 aromatic rings. The van der Waals surface area contributed by atoms with Gasteiger partial charge in [-0.05, 0) is 0 Å². The third-order valence-corrected chi connectivity index (χ3v) is 0.781. The van der Waals surface area contributed by atoms with E-state index in [0.717, 1.165) is 0 Å². The van der Waals surface area contributed by atoms with Gasteiger partial charge in [-0.25, -0.2) is 4.58 Å². The first-order valence-electron chi connectivity index (χ1n) is 3.11. The van der Waals surface area contributed by atoms with Crippen LogP contribution in [0.3, 0.4) is 0 Å². The highest BCUT2D eigenvalue weighted by Crippen LogP contribution is 1.84. The first kappa shape index (κ1) is 9.01. The molecule has 0 aliphatic rings. The van der Waals surface area contributed by atoms with Gasteiger partial charge in [0.05, 0.1) is 0 Å². The van der Waals surface area contributed by atoms with Crippen LogP contribution in [-0.2, 0) is 0 Å². The number of nitrogens with zero attached hydrogens (tertiary/aromatic N) is 2. The second kappa shape index (κ2) is 3.93. The molecule has 0 fully saturated rings. The Balaban J connectivity index is 4.08. The number of aliphatic hydroxyl groups is 1. The lowest BCUT2D eigenvalue weighted by Crippen LogP contribution is -2.06. The van der Waals surface area contributed by atoms with E-state index in [1.165, 1.54) is 0 Å². The van der Waals surface area contributed by atoms with Crippen LogP contribution in [0.4, 0.5) is 0 Å². The van der Waals surface area contributed by atoms with Gasteiger partial charge in [0.15, 0.2) is 5.76 Å². The average Bonchev–Trinajstić information content (AvgIpc) is 1.58. The van der Waals surface area contributed by atoms with Crippen molar-refractivity contribution in [3.05, 3.63) is 12.0 Å². The van der Waals surface area contributed by atoms with Gasteiger partial charge in [-0.1, -0.05) is 0 Å². The molecule has 0 amide bonds. The number of aliphatic hydroxyl groups excluding tert-OH is 1. The maximum absolute atomic E-state index is 9.11. The molecule has 0 aliphatic carbocycles. The minimum absolute atomic E-state index is 0.259. The molecule has 58 valence electrons. The summed E-state index contributed by atoms with van der Waals surface area (Å²) < 4.78 is 1.79. The lowest BCUT2D eigenvalue weighted by atomic mass is 10.5. The molecule has 0 aromatic heterocycles. The fraction of sp³-hybridized carbons (Fsp3) is 0.571. The van der Waals surface area contributed by atoms with Crippen LogP contribution >= 0.6 is 0 Å². The second-order valence-corrected chi connectivity index (χ2v) is 2.61. The SMILES string of the molecule is CN(C)/C=C(\O)C=[N+](C)C. The Labute approximate surface area is 61.9 Å². The van der Waals surface area contributed by atoms with E-state index in [-0.39, 0.29) is 5.76 Å². The largest absolute Gasteiger partial charge is 0.502 e. The van der Waals surface area contributed by atoms with Crippen LogP contribution in [0, 0.1) is 0 Å². The van der Waals surface area contributed by atoms with E-state index in [9.17, 15) is 0 Å². The van der Waals surface area contributed by atoms with Crippen molar-refractivity contribution in [1.29, 1.82) is 0 Å². The zero-order valence-electron chi connectivity index (χ0n) is 7.00. The number of hydrogen-bond donors (Lipinski definition) is 1. The molecule has 0 saturated carbocycles. The van der Waals surface area contributed by atoms with E-state index in [1.54, 1.807) is 21.9 Å². The van der Waals surface area contributed by atoms with Crippen molar-refractivity contribution in [2.24, 2.45) is 0 Å². The molecule has 0 rings (SSSR count). The summed E-state index contributed by atoms with van der Waals surface area (Å²) in [5.41, 5.74) is 0. The lowest BCUT2D eigenvalue weighted by Gasteiger charge is -2.02. The molecule has 0 spiro atoms. The minimum atomic E-state index is 0.259. The fourth-order valence-corrected chi connectivity index (χ4v) is 0.562. The van der Waals surface area contributed by atoms with E-state index in [1.807, 2.05) is 28.2 Å². The Kier molecular flexibility index (Phi) is 3.54. The van der Waals surface area contributed by atoms with E-state index < -0.39 is 0 Å². The predicted molar refractivity (Wildman–Crippen MR) is 42.6 cm³/mol. The Morgan fingerprint density at radius 1 is 1.40 bits per heavy atom. The van der Waals surface area contributed by atoms with Gasteiger partial charge in [-0.2, -0.15) is 0 Å². The van der Waals surface area contributed by atoms with Gasteiger partial charge in [0.2, 0.25) is 6.21 Å². The van der Waals surface area contributed by atoms with Crippen molar-refractivity contribution in [3.8, 4) is 0 Å². The zero-order chi connectivity index (χ0) is 8.15. The summed E-state index contributed by atoms with van der Waals surface area (Å²) in [5, 5.41) is 9.11. The van der Waals surface area contributed by atoms with Crippen LogP contribution in [-0.4, -0.2) is 49.0 Å². The molecule has 10 heavy (non-hydrogen) atoms. The van der Waals surface area contributed by atoms with Crippen molar-refractivity contribution in [1.82, 2.24) is 4.90 Å². The third kappa shape index (κ3) is 5.15. The standard InChI is InChI=1S/C7H14N2O/c1-8(2)5-7(10)6-9(3)4/h5-6H,1-4H3/p+1. The summed E-state index contributed by atoms with van der Waals surface area (Å²) >= 11 is 0. The maximum Gasteiger partial charge on any atom is 0.206 e. The first-order chi connectivity index (χ1) is 4.52. The van der Waals surface area contributed by atoms with Crippen LogP contribution in [0.2, 0.25) is 0 Å². The van der Waals surface area contributed by atoms with Gasteiger partial charge in [-0.15, -0.1) is 0 Å². The monoisotopic (exact) mass is 143 g/mol. The summed E-state index contributed by atoms with van der Waals surface area (Å²) in [6.07, 6.45) is 3.28. The van der Waals surface area contributed by atoms with Crippen LogP contribution < -0.4 is 0 Å². The molecule has 0 unspecified atom stereocenters. The fourth-order valence-electron chi connectivity index (χ4n) is 0.562. The quantitative estimate of drug-likeness (QED) is 0.341.